The average molecular weight is 245 g/mol. The topological polar surface area (TPSA) is 66.8 Å². The number of carboxylic acid groups (broad SMARTS) is 1. The Labute approximate surface area is 103 Å². The number of aliphatic carboxylic acids is 1. The summed E-state index contributed by atoms with van der Waals surface area (Å²) in [7, 11) is 0. The molecule has 1 N–H and O–H groups in total. The van der Waals surface area contributed by atoms with Crippen LogP contribution in [-0.4, -0.2) is 47.7 Å². The van der Waals surface area contributed by atoms with Crippen LogP contribution in [0.5, 0.6) is 0 Å². The number of rotatable bonds is 9. The Morgan fingerprint density at radius 2 is 2.00 bits per heavy atom. The maximum Gasteiger partial charge on any atom is 0.305 e. The number of nitrogens with zero attached hydrogens (tertiary/aromatic N) is 1. The molecule has 0 bridgehead atoms. The molecular formula is C12H23NO4. The van der Waals surface area contributed by atoms with Gasteiger partial charge < -0.3 is 14.7 Å². The molecule has 0 saturated carbocycles. The highest BCUT2D eigenvalue weighted by Gasteiger charge is 2.17. The van der Waals surface area contributed by atoms with Crippen molar-refractivity contribution in [3.8, 4) is 0 Å². The summed E-state index contributed by atoms with van der Waals surface area (Å²) in [5.74, 6) is -1.03. The van der Waals surface area contributed by atoms with E-state index in [1.165, 1.54) is 0 Å². The quantitative estimate of drug-likeness (QED) is 0.625. The minimum atomic E-state index is -0.893. The van der Waals surface area contributed by atoms with Gasteiger partial charge in [0.2, 0.25) is 5.91 Å². The van der Waals surface area contributed by atoms with Crippen LogP contribution in [0.2, 0.25) is 0 Å². The highest BCUT2D eigenvalue weighted by atomic mass is 16.5. The molecule has 0 unspecified atom stereocenters. The van der Waals surface area contributed by atoms with Gasteiger partial charge in [-0.1, -0.05) is 13.3 Å². The highest BCUT2D eigenvalue weighted by Crippen LogP contribution is 2.02. The van der Waals surface area contributed by atoms with Crippen LogP contribution >= 0.6 is 0 Å². The molecule has 0 aromatic carbocycles. The van der Waals surface area contributed by atoms with Crippen LogP contribution in [0.3, 0.4) is 0 Å². The summed E-state index contributed by atoms with van der Waals surface area (Å²) in [5.41, 5.74) is 0. The molecule has 0 heterocycles. The smallest absolute Gasteiger partial charge is 0.305 e. The zero-order chi connectivity index (χ0) is 13.3. The molecule has 0 aliphatic heterocycles. The van der Waals surface area contributed by atoms with Gasteiger partial charge in [-0.25, -0.2) is 0 Å². The average Bonchev–Trinajstić information content (AvgIpc) is 2.23. The van der Waals surface area contributed by atoms with E-state index in [1.54, 1.807) is 4.90 Å². The molecule has 17 heavy (non-hydrogen) atoms. The fourth-order valence-corrected chi connectivity index (χ4v) is 1.38. The number of ether oxygens (including phenoxy) is 1. The van der Waals surface area contributed by atoms with Gasteiger partial charge in [0, 0.05) is 19.2 Å². The van der Waals surface area contributed by atoms with Crippen molar-refractivity contribution in [3.63, 3.8) is 0 Å². The van der Waals surface area contributed by atoms with Crippen LogP contribution in [-0.2, 0) is 14.3 Å². The van der Waals surface area contributed by atoms with Crippen molar-refractivity contribution in [2.75, 3.05) is 19.8 Å². The van der Waals surface area contributed by atoms with Gasteiger partial charge in [-0.2, -0.15) is 0 Å². The van der Waals surface area contributed by atoms with Crippen molar-refractivity contribution < 1.29 is 19.4 Å². The van der Waals surface area contributed by atoms with E-state index in [0.29, 0.717) is 6.61 Å². The van der Waals surface area contributed by atoms with Crippen molar-refractivity contribution >= 4 is 11.9 Å². The lowest BCUT2D eigenvalue weighted by molar-refractivity contribution is -0.141. The lowest BCUT2D eigenvalue weighted by Crippen LogP contribution is -2.40. The van der Waals surface area contributed by atoms with Crippen molar-refractivity contribution in [1.29, 1.82) is 0 Å². The monoisotopic (exact) mass is 245 g/mol. The fraction of sp³-hybridized carbons (Fsp3) is 0.833. The van der Waals surface area contributed by atoms with E-state index in [2.05, 4.69) is 6.92 Å². The van der Waals surface area contributed by atoms with Crippen LogP contribution < -0.4 is 0 Å². The predicted octanol–water partition coefficient (Wildman–Crippen LogP) is 1.51. The normalized spacial score (nSPS) is 10.6. The fourth-order valence-electron chi connectivity index (χ4n) is 1.38. The first-order valence-corrected chi connectivity index (χ1v) is 6.08. The van der Waals surface area contributed by atoms with E-state index in [9.17, 15) is 9.59 Å². The molecule has 0 aliphatic carbocycles. The van der Waals surface area contributed by atoms with Gasteiger partial charge >= 0.3 is 5.97 Å². The van der Waals surface area contributed by atoms with Crippen LogP contribution in [0.4, 0.5) is 0 Å². The van der Waals surface area contributed by atoms with Gasteiger partial charge in [-0.15, -0.1) is 0 Å². The van der Waals surface area contributed by atoms with E-state index in [1.807, 2.05) is 13.8 Å². The first kappa shape index (κ1) is 15.9. The molecule has 5 heteroatoms. The lowest BCUT2D eigenvalue weighted by Gasteiger charge is -2.26. The molecule has 1 amide bonds. The Kier molecular flexibility index (Phi) is 8.40. The van der Waals surface area contributed by atoms with E-state index >= 15 is 0 Å². The molecule has 100 valence electrons. The molecule has 0 spiro atoms. The van der Waals surface area contributed by atoms with Crippen LogP contribution in [0.15, 0.2) is 0 Å². The number of amides is 1. The minimum Gasteiger partial charge on any atom is -0.481 e. The Morgan fingerprint density at radius 3 is 2.47 bits per heavy atom. The Morgan fingerprint density at radius 1 is 1.35 bits per heavy atom. The molecule has 0 aromatic heterocycles. The first-order chi connectivity index (χ1) is 7.99. The molecular weight excluding hydrogens is 222 g/mol. The van der Waals surface area contributed by atoms with E-state index in [-0.39, 0.29) is 31.5 Å². The number of hydrogen-bond donors (Lipinski definition) is 1. The van der Waals surface area contributed by atoms with Crippen LogP contribution in [0.25, 0.3) is 0 Å². The van der Waals surface area contributed by atoms with E-state index in [0.717, 1.165) is 12.8 Å². The summed E-state index contributed by atoms with van der Waals surface area (Å²) in [4.78, 5) is 23.8. The number of carboxylic acids is 1. The van der Waals surface area contributed by atoms with Gasteiger partial charge in [-0.05, 0) is 20.3 Å². The third kappa shape index (κ3) is 7.74. The second-order valence-corrected chi connectivity index (χ2v) is 4.23. The van der Waals surface area contributed by atoms with Gasteiger partial charge in [0.1, 0.15) is 6.61 Å². The van der Waals surface area contributed by atoms with Gasteiger partial charge in [0.25, 0.3) is 0 Å². The SMILES string of the molecule is CCCCOCC(=O)N(CCC(=O)O)C(C)C. The standard InChI is InChI=1S/C12H23NO4/c1-4-5-8-17-9-11(14)13(10(2)3)7-6-12(15)16/h10H,4-9H2,1-3H3,(H,15,16). The summed E-state index contributed by atoms with van der Waals surface area (Å²) in [5, 5.41) is 8.60. The largest absolute Gasteiger partial charge is 0.481 e. The van der Waals surface area contributed by atoms with Crippen LogP contribution in [0.1, 0.15) is 40.0 Å². The first-order valence-electron chi connectivity index (χ1n) is 6.08. The molecule has 0 radical (unpaired) electrons. The second-order valence-electron chi connectivity index (χ2n) is 4.23. The number of unbranched alkanes of at least 4 members (excludes halogenated alkanes) is 1. The van der Waals surface area contributed by atoms with Gasteiger partial charge in [0.05, 0.1) is 6.42 Å². The number of hydrogen-bond acceptors (Lipinski definition) is 3. The third-order valence-electron chi connectivity index (χ3n) is 2.38. The minimum absolute atomic E-state index is 0.00312. The summed E-state index contributed by atoms with van der Waals surface area (Å²) >= 11 is 0. The molecule has 0 saturated heterocycles. The molecule has 0 fully saturated rings. The third-order valence-corrected chi connectivity index (χ3v) is 2.38. The molecule has 0 aliphatic rings. The summed E-state index contributed by atoms with van der Waals surface area (Å²) < 4.78 is 5.24. The van der Waals surface area contributed by atoms with Crippen molar-refractivity contribution in [3.05, 3.63) is 0 Å². The van der Waals surface area contributed by atoms with Crippen molar-refractivity contribution in [2.24, 2.45) is 0 Å². The van der Waals surface area contributed by atoms with Crippen LogP contribution in [0, 0.1) is 0 Å². The number of carbonyl (C=O) groups is 2. The predicted molar refractivity (Wildman–Crippen MR) is 64.8 cm³/mol. The summed E-state index contributed by atoms with van der Waals surface area (Å²) in [6.45, 7) is 6.64. The van der Waals surface area contributed by atoms with Gasteiger partial charge in [0.15, 0.2) is 0 Å². The zero-order valence-electron chi connectivity index (χ0n) is 10.9. The lowest BCUT2D eigenvalue weighted by atomic mass is 10.3. The maximum absolute atomic E-state index is 11.8. The second kappa shape index (κ2) is 8.98. The summed E-state index contributed by atoms with van der Waals surface area (Å²) in [6.07, 6.45) is 1.93. The molecule has 0 atom stereocenters. The number of carbonyl (C=O) groups excluding carboxylic acids is 1. The van der Waals surface area contributed by atoms with Crippen molar-refractivity contribution in [1.82, 2.24) is 4.90 Å². The van der Waals surface area contributed by atoms with E-state index in [4.69, 9.17) is 9.84 Å². The maximum atomic E-state index is 11.8. The van der Waals surface area contributed by atoms with E-state index < -0.39 is 5.97 Å². The molecule has 5 nitrogen and oxygen atoms in total. The molecule has 0 aromatic rings. The molecule has 0 rings (SSSR count). The summed E-state index contributed by atoms with van der Waals surface area (Å²) in [6, 6.07) is -0.00312. The Hall–Kier alpha value is -1.10. The van der Waals surface area contributed by atoms with Gasteiger partial charge in [-0.3, -0.25) is 9.59 Å². The van der Waals surface area contributed by atoms with Crippen molar-refractivity contribution in [2.45, 2.75) is 46.1 Å². The Bertz CT molecular complexity index is 241. The zero-order valence-corrected chi connectivity index (χ0v) is 10.9. The Balaban J connectivity index is 4.02. The highest BCUT2D eigenvalue weighted by molar-refractivity contribution is 5.78.